The summed E-state index contributed by atoms with van der Waals surface area (Å²) >= 11 is 5.23. The van der Waals surface area contributed by atoms with Crippen LogP contribution in [0, 0.1) is 6.92 Å². The number of aromatic nitrogens is 1. The summed E-state index contributed by atoms with van der Waals surface area (Å²) < 4.78 is 0. The highest BCUT2D eigenvalue weighted by molar-refractivity contribution is 7.80. The van der Waals surface area contributed by atoms with Gasteiger partial charge in [-0.1, -0.05) is 13.8 Å². The van der Waals surface area contributed by atoms with Crippen molar-refractivity contribution in [3.05, 3.63) is 23.9 Å². The molecule has 0 bridgehead atoms. The molecule has 3 nitrogen and oxygen atoms in total. The zero-order chi connectivity index (χ0) is 12.0. The van der Waals surface area contributed by atoms with Crippen molar-refractivity contribution >= 4 is 23.1 Å². The van der Waals surface area contributed by atoms with E-state index in [2.05, 4.69) is 29.5 Å². The number of nitrogens with one attached hydrogen (secondary N) is 2. The molecule has 0 saturated carbocycles. The number of hydrogen-bond donors (Lipinski definition) is 2. The van der Waals surface area contributed by atoms with E-state index in [-0.39, 0.29) is 0 Å². The molecule has 1 aromatic heterocycles. The number of thiocarbonyl (C=S) groups is 1. The number of anilines is 1. The zero-order valence-electron chi connectivity index (χ0n) is 10.1. The maximum absolute atomic E-state index is 5.23. The number of rotatable bonds is 4. The Morgan fingerprint density at radius 3 is 2.69 bits per heavy atom. The lowest BCUT2D eigenvalue weighted by atomic mass is 10.2. The Hall–Kier alpha value is -1.16. The lowest BCUT2D eigenvalue weighted by Gasteiger charge is -2.17. The molecule has 0 atom stereocenters. The van der Waals surface area contributed by atoms with Crippen LogP contribution in [0.4, 0.5) is 5.82 Å². The molecule has 1 rings (SSSR count). The van der Waals surface area contributed by atoms with E-state index in [1.165, 1.54) is 5.56 Å². The van der Waals surface area contributed by atoms with Crippen LogP contribution >= 0.6 is 12.2 Å². The predicted octanol–water partition coefficient (Wildman–Crippen LogP) is 2.87. The topological polar surface area (TPSA) is 37.0 Å². The summed E-state index contributed by atoms with van der Waals surface area (Å²) in [6.07, 6.45) is 3.91. The van der Waals surface area contributed by atoms with Crippen LogP contribution in [0.3, 0.4) is 0 Å². The molecule has 0 radical (unpaired) electrons. The standard InChI is InChI=1S/C12H19N3S/c1-4-10(5-2)14-12(16)15-11-8-9(3)6-7-13-11/h6-8,10H,4-5H2,1-3H3,(H2,13,14,15,16). The molecule has 4 heteroatoms. The molecule has 2 N–H and O–H groups in total. The van der Waals surface area contributed by atoms with Gasteiger partial charge in [0.25, 0.3) is 0 Å². The third-order valence-corrected chi connectivity index (χ3v) is 2.70. The summed E-state index contributed by atoms with van der Waals surface area (Å²) in [5.41, 5.74) is 1.17. The summed E-state index contributed by atoms with van der Waals surface area (Å²) in [6.45, 7) is 6.33. The van der Waals surface area contributed by atoms with Crippen LogP contribution in [0.5, 0.6) is 0 Å². The van der Waals surface area contributed by atoms with Gasteiger partial charge >= 0.3 is 0 Å². The van der Waals surface area contributed by atoms with E-state index in [0.717, 1.165) is 18.7 Å². The smallest absolute Gasteiger partial charge is 0.172 e. The highest BCUT2D eigenvalue weighted by atomic mass is 32.1. The van der Waals surface area contributed by atoms with E-state index in [9.17, 15) is 0 Å². The van der Waals surface area contributed by atoms with Crippen molar-refractivity contribution < 1.29 is 0 Å². The van der Waals surface area contributed by atoms with Crippen molar-refractivity contribution in [1.82, 2.24) is 10.3 Å². The first-order valence-corrected chi connectivity index (χ1v) is 6.06. The third kappa shape index (κ3) is 4.14. The predicted molar refractivity (Wildman–Crippen MR) is 72.7 cm³/mol. The SMILES string of the molecule is CCC(CC)NC(=S)Nc1cc(C)ccn1. The molecular weight excluding hydrogens is 218 g/mol. The van der Waals surface area contributed by atoms with Gasteiger partial charge in [-0.05, 0) is 49.7 Å². The molecule has 88 valence electrons. The van der Waals surface area contributed by atoms with Gasteiger partial charge in [-0.15, -0.1) is 0 Å². The number of nitrogens with zero attached hydrogens (tertiary/aromatic N) is 1. The van der Waals surface area contributed by atoms with Crippen LogP contribution in [0.2, 0.25) is 0 Å². The number of aryl methyl sites for hydroxylation is 1. The van der Waals surface area contributed by atoms with Gasteiger partial charge in [0, 0.05) is 12.2 Å². The van der Waals surface area contributed by atoms with Gasteiger partial charge in [-0.3, -0.25) is 0 Å². The Kier molecular flexibility index (Phi) is 5.19. The Bertz CT molecular complexity index is 348. The molecule has 0 aliphatic heterocycles. The van der Waals surface area contributed by atoms with Crippen molar-refractivity contribution in [3.8, 4) is 0 Å². The first-order chi connectivity index (χ1) is 7.65. The van der Waals surface area contributed by atoms with Crippen LogP contribution in [-0.2, 0) is 0 Å². The summed E-state index contributed by atoms with van der Waals surface area (Å²) in [4.78, 5) is 4.20. The van der Waals surface area contributed by atoms with Gasteiger partial charge in [0.15, 0.2) is 5.11 Å². The van der Waals surface area contributed by atoms with Crippen LogP contribution in [0.25, 0.3) is 0 Å². The summed E-state index contributed by atoms with van der Waals surface area (Å²) in [5.74, 6) is 0.795. The van der Waals surface area contributed by atoms with Crippen LogP contribution in [0.15, 0.2) is 18.3 Å². The lowest BCUT2D eigenvalue weighted by Crippen LogP contribution is -2.37. The van der Waals surface area contributed by atoms with Gasteiger partial charge in [0.05, 0.1) is 0 Å². The van der Waals surface area contributed by atoms with Gasteiger partial charge in [0.2, 0.25) is 0 Å². The summed E-state index contributed by atoms with van der Waals surface area (Å²) in [5, 5.41) is 7.00. The minimum atomic E-state index is 0.435. The monoisotopic (exact) mass is 237 g/mol. The van der Waals surface area contributed by atoms with Crippen molar-refractivity contribution in [1.29, 1.82) is 0 Å². The van der Waals surface area contributed by atoms with Crippen molar-refractivity contribution in [2.75, 3.05) is 5.32 Å². The second-order valence-electron chi connectivity index (χ2n) is 3.83. The fourth-order valence-electron chi connectivity index (χ4n) is 1.44. The van der Waals surface area contributed by atoms with E-state index in [4.69, 9.17) is 12.2 Å². The first kappa shape index (κ1) is 12.9. The Balaban J connectivity index is 2.51. The van der Waals surface area contributed by atoms with Crippen molar-refractivity contribution in [2.24, 2.45) is 0 Å². The van der Waals surface area contributed by atoms with E-state index in [1.54, 1.807) is 6.20 Å². The highest BCUT2D eigenvalue weighted by Gasteiger charge is 2.05. The summed E-state index contributed by atoms with van der Waals surface area (Å²) in [6, 6.07) is 4.37. The Morgan fingerprint density at radius 2 is 2.12 bits per heavy atom. The summed E-state index contributed by atoms with van der Waals surface area (Å²) in [7, 11) is 0. The van der Waals surface area contributed by atoms with E-state index < -0.39 is 0 Å². The molecule has 16 heavy (non-hydrogen) atoms. The number of hydrogen-bond acceptors (Lipinski definition) is 2. The van der Waals surface area contributed by atoms with Crippen LogP contribution < -0.4 is 10.6 Å². The Labute approximate surface area is 103 Å². The average molecular weight is 237 g/mol. The lowest BCUT2D eigenvalue weighted by molar-refractivity contribution is 0.573. The molecule has 0 amide bonds. The van der Waals surface area contributed by atoms with Crippen LogP contribution in [-0.4, -0.2) is 16.1 Å². The normalized spacial score (nSPS) is 10.2. The second kappa shape index (κ2) is 6.43. The van der Waals surface area contributed by atoms with Gasteiger partial charge in [-0.25, -0.2) is 4.98 Å². The fraction of sp³-hybridized carbons (Fsp3) is 0.500. The quantitative estimate of drug-likeness (QED) is 0.790. The van der Waals surface area contributed by atoms with Crippen molar-refractivity contribution in [3.63, 3.8) is 0 Å². The Morgan fingerprint density at radius 1 is 1.44 bits per heavy atom. The molecule has 1 aromatic rings. The van der Waals surface area contributed by atoms with Crippen LogP contribution in [0.1, 0.15) is 32.3 Å². The molecule has 0 aliphatic rings. The molecule has 0 fully saturated rings. The van der Waals surface area contributed by atoms with Crippen molar-refractivity contribution in [2.45, 2.75) is 39.7 Å². The molecule has 0 saturated heterocycles. The zero-order valence-corrected chi connectivity index (χ0v) is 10.9. The molecule has 0 spiro atoms. The molecule has 0 aliphatic carbocycles. The average Bonchev–Trinajstić information content (AvgIpc) is 2.26. The minimum Gasteiger partial charge on any atom is -0.360 e. The molecule has 0 unspecified atom stereocenters. The third-order valence-electron chi connectivity index (χ3n) is 2.48. The second-order valence-corrected chi connectivity index (χ2v) is 4.24. The first-order valence-electron chi connectivity index (χ1n) is 5.65. The van der Waals surface area contributed by atoms with E-state index in [1.807, 2.05) is 19.1 Å². The van der Waals surface area contributed by atoms with Gasteiger partial charge in [0.1, 0.15) is 5.82 Å². The minimum absolute atomic E-state index is 0.435. The highest BCUT2D eigenvalue weighted by Crippen LogP contribution is 2.05. The molecular formula is C12H19N3S. The van der Waals surface area contributed by atoms with Gasteiger partial charge in [-0.2, -0.15) is 0 Å². The fourth-order valence-corrected chi connectivity index (χ4v) is 1.71. The maximum atomic E-state index is 5.23. The maximum Gasteiger partial charge on any atom is 0.172 e. The molecule has 1 heterocycles. The van der Waals surface area contributed by atoms with Gasteiger partial charge < -0.3 is 10.6 Å². The van der Waals surface area contributed by atoms with E-state index in [0.29, 0.717) is 11.2 Å². The number of pyridine rings is 1. The van der Waals surface area contributed by atoms with E-state index >= 15 is 0 Å². The largest absolute Gasteiger partial charge is 0.360 e. The molecule has 0 aromatic carbocycles.